The monoisotopic (exact) mass is 253 g/mol. The molecule has 102 valence electrons. The molecule has 5 nitrogen and oxygen atoms in total. The van der Waals surface area contributed by atoms with Crippen LogP contribution in [0.2, 0.25) is 0 Å². The molecule has 0 aromatic carbocycles. The van der Waals surface area contributed by atoms with Crippen LogP contribution >= 0.6 is 0 Å². The smallest absolute Gasteiger partial charge is 0.228 e. The molecule has 0 spiro atoms. The van der Waals surface area contributed by atoms with Gasteiger partial charge in [0.05, 0.1) is 6.10 Å². The number of ether oxygens (including phenoxy) is 1. The molecule has 1 aromatic heterocycles. The SMILES string of the molecule is COC(C)Cc1noc(CC2(N)CCCCC2)n1. The van der Waals surface area contributed by atoms with Crippen LogP contribution in [0.25, 0.3) is 0 Å². The van der Waals surface area contributed by atoms with Gasteiger partial charge in [-0.2, -0.15) is 4.98 Å². The molecule has 0 bridgehead atoms. The Kier molecular flexibility index (Phi) is 4.35. The summed E-state index contributed by atoms with van der Waals surface area (Å²) in [6.07, 6.45) is 7.30. The Morgan fingerprint density at radius 2 is 2.11 bits per heavy atom. The molecule has 1 aromatic rings. The minimum Gasteiger partial charge on any atom is -0.381 e. The molecule has 0 radical (unpaired) electrons. The van der Waals surface area contributed by atoms with Gasteiger partial charge in [0.2, 0.25) is 5.89 Å². The molecular formula is C13H23N3O2. The number of nitrogens with zero attached hydrogens (tertiary/aromatic N) is 2. The van der Waals surface area contributed by atoms with E-state index in [0.29, 0.717) is 24.6 Å². The Bertz CT molecular complexity index is 372. The lowest BCUT2D eigenvalue weighted by Gasteiger charge is -2.31. The normalized spacial score (nSPS) is 20.8. The Balaban J connectivity index is 1.93. The predicted molar refractivity (Wildman–Crippen MR) is 68.2 cm³/mol. The highest BCUT2D eigenvalue weighted by Crippen LogP contribution is 2.28. The van der Waals surface area contributed by atoms with Crippen molar-refractivity contribution < 1.29 is 9.26 Å². The van der Waals surface area contributed by atoms with E-state index in [1.807, 2.05) is 6.92 Å². The highest BCUT2D eigenvalue weighted by atomic mass is 16.5. The topological polar surface area (TPSA) is 74.2 Å². The van der Waals surface area contributed by atoms with Crippen molar-refractivity contribution in [3.8, 4) is 0 Å². The molecule has 1 aliphatic carbocycles. The number of hydrogen-bond donors (Lipinski definition) is 1. The minimum atomic E-state index is -0.144. The van der Waals surface area contributed by atoms with E-state index >= 15 is 0 Å². The van der Waals surface area contributed by atoms with Gasteiger partial charge in [0.1, 0.15) is 0 Å². The van der Waals surface area contributed by atoms with Gasteiger partial charge in [-0.25, -0.2) is 0 Å². The molecule has 2 N–H and O–H groups in total. The fourth-order valence-corrected chi connectivity index (χ4v) is 2.52. The standard InChI is InChI=1S/C13H23N3O2/c1-10(17-2)8-11-15-12(18-16-11)9-13(14)6-4-3-5-7-13/h10H,3-9,14H2,1-2H3. The van der Waals surface area contributed by atoms with Crippen molar-refractivity contribution in [2.45, 2.75) is 63.5 Å². The van der Waals surface area contributed by atoms with Gasteiger partial charge in [-0.3, -0.25) is 0 Å². The van der Waals surface area contributed by atoms with E-state index < -0.39 is 0 Å². The van der Waals surface area contributed by atoms with Crippen LogP contribution < -0.4 is 5.73 Å². The van der Waals surface area contributed by atoms with E-state index in [1.165, 1.54) is 19.3 Å². The van der Waals surface area contributed by atoms with Gasteiger partial charge in [-0.05, 0) is 19.8 Å². The third-order valence-corrected chi connectivity index (χ3v) is 3.74. The van der Waals surface area contributed by atoms with Crippen molar-refractivity contribution in [2.24, 2.45) is 5.73 Å². The second-order valence-corrected chi connectivity index (χ2v) is 5.45. The first-order valence-corrected chi connectivity index (χ1v) is 6.74. The summed E-state index contributed by atoms with van der Waals surface area (Å²) >= 11 is 0. The van der Waals surface area contributed by atoms with Gasteiger partial charge in [-0.15, -0.1) is 0 Å². The first-order chi connectivity index (χ1) is 8.61. The summed E-state index contributed by atoms with van der Waals surface area (Å²) in [5.41, 5.74) is 6.23. The van der Waals surface area contributed by atoms with Crippen LogP contribution in [0.3, 0.4) is 0 Å². The number of hydrogen-bond acceptors (Lipinski definition) is 5. The quantitative estimate of drug-likeness (QED) is 0.866. The average molecular weight is 253 g/mol. The Labute approximate surface area is 108 Å². The molecule has 1 fully saturated rings. The predicted octanol–water partition coefficient (Wildman–Crippen LogP) is 1.85. The molecule has 5 heteroatoms. The van der Waals surface area contributed by atoms with Gasteiger partial charge in [0.15, 0.2) is 5.82 Å². The summed E-state index contributed by atoms with van der Waals surface area (Å²) in [7, 11) is 1.68. The average Bonchev–Trinajstić information content (AvgIpc) is 2.76. The lowest BCUT2D eigenvalue weighted by Crippen LogP contribution is -2.43. The Hall–Kier alpha value is -0.940. The summed E-state index contributed by atoms with van der Waals surface area (Å²) < 4.78 is 10.5. The van der Waals surface area contributed by atoms with Gasteiger partial charge >= 0.3 is 0 Å². The third-order valence-electron chi connectivity index (χ3n) is 3.74. The highest BCUT2D eigenvalue weighted by Gasteiger charge is 2.30. The zero-order chi connectivity index (χ0) is 13.0. The van der Waals surface area contributed by atoms with Crippen LogP contribution in [-0.4, -0.2) is 28.9 Å². The first kappa shape index (κ1) is 13.5. The van der Waals surface area contributed by atoms with Gasteiger partial charge in [0.25, 0.3) is 0 Å². The van der Waals surface area contributed by atoms with Crippen LogP contribution in [0.5, 0.6) is 0 Å². The Morgan fingerprint density at radius 1 is 1.39 bits per heavy atom. The number of aromatic nitrogens is 2. The highest BCUT2D eigenvalue weighted by molar-refractivity contribution is 4.98. The number of rotatable bonds is 5. The van der Waals surface area contributed by atoms with E-state index in [1.54, 1.807) is 7.11 Å². The van der Waals surface area contributed by atoms with E-state index in [9.17, 15) is 0 Å². The molecule has 1 heterocycles. The summed E-state index contributed by atoms with van der Waals surface area (Å²) in [5, 5.41) is 3.98. The van der Waals surface area contributed by atoms with Gasteiger partial charge in [0, 0.05) is 25.5 Å². The second kappa shape index (κ2) is 5.80. The molecule has 2 rings (SSSR count). The Morgan fingerprint density at radius 3 is 2.78 bits per heavy atom. The van der Waals surface area contributed by atoms with Gasteiger partial charge in [-0.1, -0.05) is 24.4 Å². The molecule has 0 aliphatic heterocycles. The molecule has 0 saturated heterocycles. The van der Waals surface area contributed by atoms with Crippen molar-refractivity contribution in [3.63, 3.8) is 0 Å². The summed E-state index contributed by atoms with van der Waals surface area (Å²) in [5.74, 6) is 1.37. The largest absolute Gasteiger partial charge is 0.381 e. The zero-order valence-corrected chi connectivity index (χ0v) is 11.3. The van der Waals surface area contributed by atoms with E-state index in [4.69, 9.17) is 15.0 Å². The molecule has 1 aliphatic rings. The molecule has 1 saturated carbocycles. The lowest BCUT2D eigenvalue weighted by molar-refractivity contribution is 0.116. The maximum atomic E-state index is 6.38. The fourth-order valence-electron chi connectivity index (χ4n) is 2.52. The maximum Gasteiger partial charge on any atom is 0.228 e. The van der Waals surface area contributed by atoms with Gasteiger partial charge < -0.3 is 15.0 Å². The first-order valence-electron chi connectivity index (χ1n) is 6.74. The van der Waals surface area contributed by atoms with Crippen molar-refractivity contribution in [1.82, 2.24) is 10.1 Å². The van der Waals surface area contributed by atoms with Crippen LogP contribution in [0.4, 0.5) is 0 Å². The van der Waals surface area contributed by atoms with Crippen LogP contribution in [0, 0.1) is 0 Å². The van der Waals surface area contributed by atoms with Crippen molar-refractivity contribution in [1.29, 1.82) is 0 Å². The molecule has 1 unspecified atom stereocenters. The molecule has 1 atom stereocenters. The van der Waals surface area contributed by atoms with E-state index in [0.717, 1.165) is 12.8 Å². The van der Waals surface area contributed by atoms with Crippen molar-refractivity contribution in [3.05, 3.63) is 11.7 Å². The molecule has 0 amide bonds. The molecule has 18 heavy (non-hydrogen) atoms. The van der Waals surface area contributed by atoms with E-state index in [2.05, 4.69) is 10.1 Å². The van der Waals surface area contributed by atoms with Crippen LogP contribution in [0.15, 0.2) is 4.52 Å². The summed E-state index contributed by atoms with van der Waals surface area (Å²) in [6.45, 7) is 1.99. The van der Waals surface area contributed by atoms with Crippen LogP contribution in [-0.2, 0) is 17.6 Å². The lowest BCUT2D eigenvalue weighted by atomic mass is 9.80. The van der Waals surface area contributed by atoms with Crippen molar-refractivity contribution >= 4 is 0 Å². The number of nitrogens with two attached hydrogens (primary N) is 1. The third kappa shape index (κ3) is 3.53. The van der Waals surface area contributed by atoms with E-state index in [-0.39, 0.29) is 11.6 Å². The summed E-state index contributed by atoms with van der Waals surface area (Å²) in [4.78, 5) is 4.40. The zero-order valence-electron chi connectivity index (χ0n) is 11.3. The maximum absolute atomic E-state index is 6.38. The van der Waals surface area contributed by atoms with Crippen molar-refractivity contribution in [2.75, 3.05) is 7.11 Å². The second-order valence-electron chi connectivity index (χ2n) is 5.45. The number of methoxy groups -OCH3 is 1. The van der Waals surface area contributed by atoms with Crippen LogP contribution in [0.1, 0.15) is 50.7 Å². The summed E-state index contributed by atoms with van der Waals surface area (Å²) in [6, 6.07) is 0. The fraction of sp³-hybridized carbons (Fsp3) is 0.846. The minimum absolute atomic E-state index is 0.108. The molecular weight excluding hydrogens is 230 g/mol.